The van der Waals surface area contributed by atoms with Gasteiger partial charge in [0.15, 0.2) is 0 Å². The van der Waals surface area contributed by atoms with Crippen LogP contribution in [0.3, 0.4) is 0 Å². The summed E-state index contributed by atoms with van der Waals surface area (Å²) in [6.07, 6.45) is 0.864. The van der Waals surface area contributed by atoms with Gasteiger partial charge in [-0.3, -0.25) is 4.79 Å². The first-order valence-electron chi connectivity index (χ1n) is 8.29. The van der Waals surface area contributed by atoms with E-state index in [0.717, 1.165) is 19.5 Å². The highest BCUT2D eigenvalue weighted by Crippen LogP contribution is 2.29. The Kier molecular flexibility index (Phi) is 7.15. The van der Waals surface area contributed by atoms with Gasteiger partial charge in [-0.2, -0.15) is 0 Å². The molecular formula is C17H26ClN3O3. The third-order valence-corrected chi connectivity index (χ3v) is 4.12. The van der Waals surface area contributed by atoms with Crippen LogP contribution in [0.1, 0.15) is 30.6 Å². The molecule has 134 valence electrons. The summed E-state index contributed by atoms with van der Waals surface area (Å²) in [6.45, 7) is 7.40. The SMILES string of the molecule is CC(C)CCOc1cc(N)c(Cl)cc1C(=O)NCC1CNCCO1. The summed E-state index contributed by atoms with van der Waals surface area (Å²) in [4.78, 5) is 12.5. The Morgan fingerprint density at radius 3 is 3.00 bits per heavy atom. The van der Waals surface area contributed by atoms with Crippen LogP contribution in [0.2, 0.25) is 5.02 Å². The summed E-state index contributed by atoms with van der Waals surface area (Å²) in [5.74, 6) is 0.728. The Morgan fingerprint density at radius 2 is 2.33 bits per heavy atom. The van der Waals surface area contributed by atoms with Crippen LogP contribution in [0.4, 0.5) is 5.69 Å². The number of ether oxygens (including phenoxy) is 2. The molecule has 1 amide bonds. The van der Waals surface area contributed by atoms with Crippen molar-refractivity contribution in [2.75, 3.05) is 38.6 Å². The number of rotatable bonds is 7. The van der Waals surface area contributed by atoms with E-state index in [9.17, 15) is 4.79 Å². The van der Waals surface area contributed by atoms with E-state index in [1.165, 1.54) is 0 Å². The molecule has 1 aromatic carbocycles. The number of amides is 1. The zero-order valence-corrected chi connectivity index (χ0v) is 15.0. The lowest BCUT2D eigenvalue weighted by atomic mass is 10.1. The first-order valence-corrected chi connectivity index (χ1v) is 8.67. The molecule has 0 spiro atoms. The highest BCUT2D eigenvalue weighted by Gasteiger charge is 2.19. The number of hydrogen-bond donors (Lipinski definition) is 3. The smallest absolute Gasteiger partial charge is 0.255 e. The monoisotopic (exact) mass is 355 g/mol. The molecule has 0 aliphatic carbocycles. The Balaban J connectivity index is 2.02. The van der Waals surface area contributed by atoms with Crippen molar-refractivity contribution in [3.8, 4) is 5.75 Å². The molecule has 1 aliphatic rings. The van der Waals surface area contributed by atoms with E-state index in [0.29, 0.717) is 47.7 Å². The zero-order chi connectivity index (χ0) is 17.5. The second-order valence-corrected chi connectivity index (χ2v) is 6.72. The van der Waals surface area contributed by atoms with E-state index < -0.39 is 0 Å². The molecule has 0 aromatic heterocycles. The second kappa shape index (κ2) is 9.11. The van der Waals surface area contributed by atoms with Gasteiger partial charge in [0.2, 0.25) is 0 Å². The van der Waals surface area contributed by atoms with Crippen molar-refractivity contribution >= 4 is 23.2 Å². The molecule has 0 saturated carbocycles. The van der Waals surface area contributed by atoms with Gasteiger partial charge in [-0.15, -0.1) is 0 Å². The van der Waals surface area contributed by atoms with E-state index >= 15 is 0 Å². The van der Waals surface area contributed by atoms with Crippen molar-refractivity contribution in [2.45, 2.75) is 26.4 Å². The number of benzene rings is 1. The van der Waals surface area contributed by atoms with Gasteiger partial charge in [0, 0.05) is 25.7 Å². The number of nitrogen functional groups attached to an aromatic ring is 1. The number of carbonyl (C=O) groups excluding carboxylic acids is 1. The molecule has 1 heterocycles. The van der Waals surface area contributed by atoms with Gasteiger partial charge >= 0.3 is 0 Å². The van der Waals surface area contributed by atoms with Crippen molar-refractivity contribution in [3.63, 3.8) is 0 Å². The minimum atomic E-state index is -0.245. The lowest BCUT2D eigenvalue weighted by Gasteiger charge is -2.24. The molecule has 4 N–H and O–H groups in total. The molecule has 1 unspecified atom stereocenters. The van der Waals surface area contributed by atoms with E-state index in [1.54, 1.807) is 12.1 Å². The van der Waals surface area contributed by atoms with Crippen LogP contribution in [0.5, 0.6) is 5.75 Å². The number of morpholine rings is 1. The fraction of sp³-hybridized carbons (Fsp3) is 0.588. The van der Waals surface area contributed by atoms with E-state index in [2.05, 4.69) is 24.5 Å². The average molecular weight is 356 g/mol. The molecule has 1 saturated heterocycles. The highest BCUT2D eigenvalue weighted by molar-refractivity contribution is 6.33. The number of nitrogens with one attached hydrogen (secondary N) is 2. The normalized spacial score (nSPS) is 17.8. The molecule has 24 heavy (non-hydrogen) atoms. The number of nitrogens with two attached hydrogens (primary N) is 1. The Bertz CT molecular complexity index is 560. The largest absolute Gasteiger partial charge is 0.493 e. The Morgan fingerprint density at radius 1 is 1.54 bits per heavy atom. The molecular weight excluding hydrogens is 330 g/mol. The topological polar surface area (TPSA) is 85.6 Å². The van der Waals surface area contributed by atoms with Crippen molar-refractivity contribution in [1.29, 1.82) is 0 Å². The number of halogens is 1. The van der Waals surface area contributed by atoms with Gasteiger partial charge in [-0.1, -0.05) is 25.4 Å². The lowest BCUT2D eigenvalue weighted by molar-refractivity contribution is 0.0287. The molecule has 0 radical (unpaired) electrons. The van der Waals surface area contributed by atoms with Crippen molar-refractivity contribution in [3.05, 3.63) is 22.7 Å². The summed E-state index contributed by atoms with van der Waals surface area (Å²) < 4.78 is 11.3. The van der Waals surface area contributed by atoms with Crippen LogP contribution < -0.4 is 21.1 Å². The molecule has 7 heteroatoms. The minimum Gasteiger partial charge on any atom is -0.493 e. The van der Waals surface area contributed by atoms with Gasteiger partial charge in [0.1, 0.15) is 5.75 Å². The van der Waals surface area contributed by atoms with Crippen LogP contribution in [0, 0.1) is 5.92 Å². The molecule has 1 fully saturated rings. The zero-order valence-electron chi connectivity index (χ0n) is 14.2. The molecule has 1 atom stereocenters. The van der Waals surface area contributed by atoms with Gasteiger partial charge in [0.25, 0.3) is 5.91 Å². The summed E-state index contributed by atoms with van der Waals surface area (Å²) in [5.41, 5.74) is 6.63. The summed E-state index contributed by atoms with van der Waals surface area (Å²) in [5, 5.41) is 6.44. The summed E-state index contributed by atoms with van der Waals surface area (Å²) in [6, 6.07) is 3.16. The number of hydrogen-bond acceptors (Lipinski definition) is 5. The molecule has 2 rings (SSSR count). The fourth-order valence-electron chi connectivity index (χ4n) is 2.32. The standard InChI is InChI=1S/C17H26ClN3O3/c1-11(2)3-5-24-16-8-15(19)14(18)7-13(16)17(22)21-10-12-9-20-4-6-23-12/h7-8,11-12,20H,3-6,9-10,19H2,1-2H3,(H,21,22). The van der Waals surface area contributed by atoms with E-state index in [1.807, 2.05) is 0 Å². The molecule has 1 aromatic rings. The van der Waals surface area contributed by atoms with Crippen LogP contribution in [0.15, 0.2) is 12.1 Å². The first kappa shape index (κ1) is 18.8. The number of carbonyl (C=O) groups is 1. The third-order valence-electron chi connectivity index (χ3n) is 3.79. The third kappa shape index (κ3) is 5.54. The van der Waals surface area contributed by atoms with Crippen LogP contribution in [0.25, 0.3) is 0 Å². The Labute approximate surface area is 148 Å². The second-order valence-electron chi connectivity index (χ2n) is 6.31. The maximum Gasteiger partial charge on any atom is 0.255 e. The van der Waals surface area contributed by atoms with Crippen LogP contribution >= 0.6 is 11.6 Å². The van der Waals surface area contributed by atoms with Crippen LogP contribution in [-0.2, 0) is 4.74 Å². The average Bonchev–Trinajstić information content (AvgIpc) is 2.56. The number of anilines is 1. The predicted octanol–water partition coefficient (Wildman–Crippen LogP) is 2.07. The predicted molar refractivity (Wildman–Crippen MR) is 95.8 cm³/mol. The van der Waals surface area contributed by atoms with Crippen LogP contribution in [-0.4, -0.2) is 44.9 Å². The quantitative estimate of drug-likeness (QED) is 0.652. The van der Waals surface area contributed by atoms with Crippen molar-refractivity contribution < 1.29 is 14.3 Å². The van der Waals surface area contributed by atoms with E-state index in [-0.39, 0.29) is 12.0 Å². The first-order chi connectivity index (χ1) is 11.5. The minimum absolute atomic E-state index is 0.0303. The summed E-state index contributed by atoms with van der Waals surface area (Å²) >= 11 is 6.07. The fourth-order valence-corrected chi connectivity index (χ4v) is 2.49. The molecule has 1 aliphatic heterocycles. The van der Waals surface area contributed by atoms with Crippen molar-refractivity contribution in [2.24, 2.45) is 5.92 Å². The molecule has 0 bridgehead atoms. The molecule has 6 nitrogen and oxygen atoms in total. The van der Waals surface area contributed by atoms with E-state index in [4.69, 9.17) is 26.8 Å². The Hall–Kier alpha value is -1.50. The van der Waals surface area contributed by atoms with Crippen molar-refractivity contribution in [1.82, 2.24) is 10.6 Å². The van der Waals surface area contributed by atoms with Gasteiger partial charge in [-0.05, 0) is 18.4 Å². The maximum absolute atomic E-state index is 12.5. The summed E-state index contributed by atoms with van der Waals surface area (Å²) in [7, 11) is 0. The van der Waals surface area contributed by atoms with Gasteiger partial charge in [-0.25, -0.2) is 0 Å². The lowest BCUT2D eigenvalue weighted by Crippen LogP contribution is -2.45. The highest BCUT2D eigenvalue weighted by atomic mass is 35.5. The maximum atomic E-state index is 12.5. The van der Waals surface area contributed by atoms with Gasteiger partial charge in [0.05, 0.1) is 35.6 Å². The van der Waals surface area contributed by atoms with Gasteiger partial charge < -0.3 is 25.8 Å².